The number of rotatable bonds is 5. The average molecular weight is 794 g/mol. The van der Waals surface area contributed by atoms with Gasteiger partial charge in [-0.3, -0.25) is 0 Å². The third-order valence-electron chi connectivity index (χ3n) is 12.6. The largest absolute Gasteiger partial charge is 0.455 e. The number of benzene rings is 7. The lowest BCUT2D eigenvalue weighted by atomic mass is 10.0. The molecule has 0 atom stereocenters. The highest BCUT2D eigenvalue weighted by molar-refractivity contribution is 6.14. The molecule has 62 heavy (non-hydrogen) atoms. The van der Waals surface area contributed by atoms with E-state index in [4.69, 9.17) is 19.4 Å². The smallest absolute Gasteiger partial charge is 0.167 e. The summed E-state index contributed by atoms with van der Waals surface area (Å²) in [6.07, 6.45) is 9.10. The van der Waals surface area contributed by atoms with E-state index in [2.05, 4.69) is 154 Å². The molecule has 0 saturated carbocycles. The molecule has 13 rings (SSSR count). The number of para-hydroxylation sites is 5. The Morgan fingerprint density at radius 2 is 1.26 bits per heavy atom. The molecule has 4 heterocycles. The minimum absolute atomic E-state index is 0.557. The number of furan rings is 1. The van der Waals surface area contributed by atoms with Crippen LogP contribution in [0.4, 0.5) is 0 Å². The lowest BCUT2D eigenvalue weighted by Crippen LogP contribution is -2.28. The summed E-state index contributed by atoms with van der Waals surface area (Å²) in [6, 6.07) is 55.3. The van der Waals surface area contributed by atoms with Crippen LogP contribution in [0.5, 0.6) is 0 Å². The van der Waals surface area contributed by atoms with E-state index in [1.54, 1.807) is 0 Å². The Morgan fingerprint density at radius 3 is 2.18 bits per heavy atom. The lowest BCUT2D eigenvalue weighted by molar-refractivity contribution is 0.669. The van der Waals surface area contributed by atoms with Crippen molar-refractivity contribution in [2.75, 3.05) is 0 Å². The molecule has 0 spiro atoms. The first-order chi connectivity index (χ1) is 30.8. The van der Waals surface area contributed by atoms with Crippen LogP contribution in [0.1, 0.15) is 24.1 Å². The second kappa shape index (κ2) is 13.6. The molecule has 0 saturated heterocycles. The summed E-state index contributed by atoms with van der Waals surface area (Å²) in [4.78, 5) is 15.9. The molecular weight excluding hydrogens is 759 g/mol. The highest BCUT2D eigenvalue weighted by Gasteiger charge is 2.27. The predicted octanol–water partition coefficient (Wildman–Crippen LogP) is 11.6. The highest BCUT2D eigenvalue weighted by Crippen LogP contribution is 2.43. The number of fused-ring (bicyclic) bond motifs is 10. The SMILES string of the molecule is C1#CCC(n2c3ccccc3c3cccc(-n4c5c(c6cccc(-c7nc(-c8ccccc8)nc(-c8cccc9c8oc8ccccc89)n7)c64)C=CCC5)c32)=c2ccccc2=C1. The van der Waals surface area contributed by atoms with Crippen LogP contribution < -0.4 is 10.4 Å². The molecule has 4 aromatic heterocycles. The van der Waals surface area contributed by atoms with Gasteiger partial charge in [-0.05, 0) is 54.5 Å². The van der Waals surface area contributed by atoms with Crippen LogP contribution in [0.2, 0.25) is 0 Å². The van der Waals surface area contributed by atoms with Crippen LogP contribution in [-0.4, -0.2) is 24.1 Å². The summed E-state index contributed by atoms with van der Waals surface area (Å²) in [5.41, 5.74) is 12.4. The van der Waals surface area contributed by atoms with Crippen LogP contribution in [0.3, 0.4) is 0 Å². The second-order valence-corrected chi connectivity index (χ2v) is 16.0. The summed E-state index contributed by atoms with van der Waals surface area (Å²) in [5, 5.41) is 7.94. The summed E-state index contributed by atoms with van der Waals surface area (Å²) in [5.74, 6) is 8.55. The van der Waals surface area contributed by atoms with Gasteiger partial charge in [-0.15, -0.1) is 0 Å². The van der Waals surface area contributed by atoms with Crippen molar-refractivity contribution < 1.29 is 4.42 Å². The van der Waals surface area contributed by atoms with Gasteiger partial charge < -0.3 is 13.6 Å². The van der Waals surface area contributed by atoms with E-state index in [0.717, 1.165) is 84.3 Å². The number of hydrogen-bond acceptors (Lipinski definition) is 4. The molecule has 0 aliphatic heterocycles. The molecule has 0 amide bonds. The number of nitrogens with zero attached hydrogens (tertiary/aromatic N) is 5. The molecule has 0 N–H and O–H groups in total. The number of aromatic nitrogens is 5. The molecule has 6 nitrogen and oxygen atoms in total. The van der Waals surface area contributed by atoms with Crippen molar-refractivity contribution in [1.82, 2.24) is 24.1 Å². The van der Waals surface area contributed by atoms with Crippen LogP contribution >= 0.6 is 0 Å². The Labute approximate surface area is 356 Å². The predicted molar refractivity (Wildman–Crippen MR) is 252 cm³/mol. The Kier molecular flexibility index (Phi) is 7.60. The topological polar surface area (TPSA) is 61.7 Å². The van der Waals surface area contributed by atoms with Gasteiger partial charge in [-0.2, -0.15) is 0 Å². The van der Waals surface area contributed by atoms with Crippen molar-refractivity contribution in [3.63, 3.8) is 0 Å². The van der Waals surface area contributed by atoms with Crippen LogP contribution in [0, 0.1) is 11.8 Å². The third-order valence-corrected chi connectivity index (χ3v) is 12.6. The fourth-order valence-electron chi connectivity index (χ4n) is 9.87. The summed E-state index contributed by atoms with van der Waals surface area (Å²) in [7, 11) is 0. The normalized spacial score (nSPS) is 13.3. The van der Waals surface area contributed by atoms with E-state index < -0.39 is 0 Å². The zero-order chi connectivity index (χ0) is 40.7. The molecule has 2 aliphatic rings. The second-order valence-electron chi connectivity index (χ2n) is 16.0. The van der Waals surface area contributed by atoms with Crippen molar-refractivity contribution in [2.24, 2.45) is 0 Å². The number of allylic oxidation sites excluding steroid dienone is 1. The molecule has 6 heteroatoms. The fraction of sp³-hybridized carbons (Fsp3) is 0.0536. The van der Waals surface area contributed by atoms with E-state index in [1.807, 2.05) is 42.5 Å². The average Bonchev–Trinajstić information content (AvgIpc) is 3.94. The Morgan fingerprint density at radius 1 is 0.548 bits per heavy atom. The lowest BCUT2D eigenvalue weighted by Gasteiger charge is -2.19. The maximum absolute atomic E-state index is 6.56. The fourth-order valence-corrected chi connectivity index (χ4v) is 9.87. The van der Waals surface area contributed by atoms with Crippen LogP contribution in [0.15, 0.2) is 168 Å². The first-order valence-electron chi connectivity index (χ1n) is 21.1. The quantitative estimate of drug-likeness (QED) is 0.163. The first-order valence-corrected chi connectivity index (χ1v) is 21.1. The highest BCUT2D eigenvalue weighted by atomic mass is 16.3. The Bertz CT molecular complexity index is 3910. The van der Waals surface area contributed by atoms with Gasteiger partial charge in [0.15, 0.2) is 17.5 Å². The maximum Gasteiger partial charge on any atom is 0.167 e. The molecule has 11 aromatic rings. The standard InChI is InChI=1S/C56H35N5O/c1-2-19-36(20-3-1)54-57-55(59-56(58-54)45-29-15-27-43-40-24-9-13-34-50(40)62-53(43)45)44-28-14-25-41-38-22-7-12-32-48(38)61(51(41)44)49-33-16-26-42-39-23-8-11-31-47(39)60(52(42)49)46-30-10-5-18-35-17-4-6-21-37(35)46/h1-4,6-9,11,13-29,31,33-34H,12,30,32H2. The maximum atomic E-state index is 6.56. The summed E-state index contributed by atoms with van der Waals surface area (Å²) >= 11 is 0. The Balaban J connectivity index is 1.14. The molecule has 0 bridgehead atoms. The zero-order valence-electron chi connectivity index (χ0n) is 33.5. The van der Waals surface area contributed by atoms with Gasteiger partial charge >= 0.3 is 0 Å². The van der Waals surface area contributed by atoms with E-state index >= 15 is 0 Å². The minimum Gasteiger partial charge on any atom is -0.455 e. The minimum atomic E-state index is 0.557. The Hall–Kier alpha value is -8.27. The molecule has 290 valence electrons. The van der Waals surface area contributed by atoms with Crippen molar-refractivity contribution in [2.45, 2.75) is 19.3 Å². The van der Waals surface area contributed by atoms with Gasteiger partial charge in [0.05, 0.1) is 34.2 Å². The van der Waals surface area contributed by atoms with Crippen molar-refractivity contribution in [3.05, 3.63) is 185 Å². The van der Waals surface area contributed by atoms with Gasteiger partial charge in [-0.1, -0.05) is 151 Å². The monoisotopic (exact) mass is 793 g/mol. The van der Waals surface area contributed by atoms with E-state index in [-0.39, 0.29) is 0 Å². The van der Waals surface area contributed by atoms with E-state index in [1.165, 1.54) is 32.9 Å². The van der Waals surface area contributed by atoms with Gasteiger partial charge in [0, 0.05) is 60.2 Å². The molecule has 0 radical (unpaired) electrons. The van der Waals surface area contributed by atoms with Gasteiger partial charge in [-0.25, -0.2) is 15.0 Å². The zero-order valence-corrected chi connectivity index (χ0v) is 33.5. The summed E-state index contributed by atoms with van der Waals surface area (Å²) in [6.45, 7) is 0. The molecule has 2 aliphatic carbocycles. The van der Waals surface area contributed by atoms with Gasteiger partial charge in [0.1, 0.15) is 11.2 Å². The van der Waals surface area contributed by atoms with Crippen molar-refractivity contribution in [3.8, 4) is 51.7 Å². The molecule has 0 fully saturated rings. The molecular formula is C56H35N5O. The molecule has 0 unspecified atom stereocenters. The first kappa shape index (κ1) is 34.6. The number of hydrogen-bond donors (Lipinski definition) is 0. The van der Waals surface area contributed by atoms with Crippen molar-refractivity contribution >= 4 is 72.5 Å². The third kappa shape index (κ3) is 5.15. The van der Waals surface area contributed by atoms with Crippen LogP contribution in [0.25, 0.3) is 112 Å². The van der Waals surface area contributed by atoms with Gasteiger partial charge in [0.25, 0.3) is 0 Å². The summed E-state index contributed by atoms with van der Waals surface area (Å²) < 4.78 is 11.6. The van der Waals surface area contributed by atoms with E-state index in [9.17, 15) is 0 Å². The van der Waals surface area contributed by atoms with E-state index in [0.29, 0.717) is 23.9 Å². The van der Waals surface area contributed by atoms with Crippen molar-refractivity contribution in [1.29, 1.82) is 0 Å². The van der Waals surface area contributed by atoms with Crippen LogP contribution in [-0.2, 0) is 6.42 Å². The molecule has 7 aromatic carbocycles. The van der Waals surface area contributed by atoms with Gasteiger partial charge in [0.2, 0.25) is 0 Å².